The minimum Gasteiger partial charge on any atom is -0.262 e. The number of hydrogen-bond donors (Lipinski definition) is 0. The first-order valence-corrected chi connectivity index (χ1v) is 3.13. The first-order chi connectivity index (χ1) is 4.31. The molecule has 0 unspecified atom stereocenters. The number of hydrogen-bond acceptors (Lipinski definition) is 1. The van der Waals surface area contributed by atoms with Gasteiger partial charge in [0.1, 0.15) is 0 Å². The summed E-state index contributed by atoms with van der Waals surface area (Å²) in [7, 11) is 0. The van der Waals surface area contributed by atoms with Crippen molar-refractivity contribution in [3.8, 4) is 0 Å². The van der Waals surface area contributed by atoms with Crippen molar-refractivity contribution in [2.45, 2.75) is 20.3 Å². The standard InChI is InChI=1S/C8H13N/c1-4-6-7-8(3)9-5-2/h5-7H,2,4H2,1,3H3/b7-6-,9-8+. The minimum atomic E-state index is 1.01. The highest BCUT2D eigenvalue weighted by atomic mass is 14.7. The molecule has 0 saturated carbocycles. The van der Waals surface area contributed by atoms with E-state index in [9.17, 15) is 0 Å². The van der Waals surface area contributed by atoms with Gasteiger partial charge in [0.25, 0.3) is 0 Å². The Labute approximate surface area is 56.8 Å². The third kappa shape index (κ3) is 5.01. The van der Waals surface area contributed by atoms with Crippen LogP contribution in [0.5, 0.6) is 0 Å². The van der Waals surface area contributed by atoms with Crippen molar-refractivity contribution in [3.63, 3.8) is 0 Å². The molecular weight excluding hydrogens is 110 g/mol. The Hall–Kier alpha value is -0.850. The van der Waals surface area contributed by atoms with Crippen LogP contribution in [-0.2, 0) is 0 Å². The molecular formula is C8H13N. The van der Waals surface area contributed by atoms with E-state index in [1.165, 1.54) is 0 Å². The molecule has 0 rings (SSSR count). The molecule has 9 heavy (non-hydrogen) atoms. The highest BCUT2D eigenvalue weighted by molar-refractivity contribution is 5.93. The summed E-state index contributed by atoms with van der Waals surface area (Å²) in [5.74, 6) is 0. The Morgan fingerprint density at radius 1 is 1.67 bits per heavy atom. The van der Waals surface area contributed by atoms with E-state index in [2.05, 4.69) is 24.6 Å². The van der Waals surface area contributed by atoms with Crippen LogP contribution in [0.1, 0.15) is 20.3 Å². The van der Waals surface area contributed by atoms with Gasteiger partial charge in [0.2, 0.25) is 0 Å². The average molecular weight is 123 g/mol. The normalized spacial score (nSPS) is 12.4. The zero-order valence-electron chi connectivity index (χ0n) is 6.09. The molecule has 0 aromatic heterocycles. The van der Waals surface area contributed by atoms with E-state index in [0.29, 0.717) is 0 Å². The van der Waals surface area contributed by atoms with Crippen molar-refractivity contribution in [3.05, 3.63) is 24.9 Å². The van der Waals surface area contributed by atoms with Gasteiger partial charge in [-0.25, -0.2) is 0 Å². The topological polar surface area (TPSA) is 12.4 Å². The van der Waals surface area contributed by atoms with Crippen LogP contribution in [0.15, 0.2) is 29.9 Å². The number of nitrogens with zero attached hydrogens (tertiary/aromatic N) is 1. The zero-order chi connectivity index (χ0) is 7.11. The van der Waals surface area contributed by atoms with E-state index in [1.807, 2.05) is 13.0 Å². The lowest BCUT2D eigenvalue weighted by molar-refractivity contribution is 1.23. The molecule has 0 spiro atoms. The molecule has 1 heteroatoms. The molecule has 0 N–H and O–H groups in total. The average Bonchev–Trinajstić information content (AvgIpc) is 1.85. The first-order valence-electron chi connectivity index (χ1n) is 3.13. The fourth-order valence-electron chi connectivity index (χ4n) is 0.475. The Morgan fingerprint density at radius 3 is 2.78 bits per heavy atom. The monoisotopic (exact) mass is 123 g/mol. The van der Waals surface area contributed by atoms with Crippen LogP contribution in [0.4, 0.5) is 0 Å². The Kier molecular flexibility index (Phi) is 4.79. The molecule has 50 valence electrons. The Balaban J connectivity index is 3.74. The first kappa shape index (κ1) is 8.15. The maximum Gasteiger partial charge on any atom is 0.0369 e. The molecule has 0 atom stereocenters. The Bertz CT molecular complexity index is 132. The predicted octanol–water partition coefficient (Wildman–Crippen LogP) is 2.56. The molecule has 1 nitrogen and oxygen atoms in total. The van der Waals surface area contributed by atoms with Crippen LogP contribution >= 0.6 is 0 Å². The Morgan fingerprint density at radius 2 is 2.33 bits per heavy atom. The predicted molar refractivity (Wildman–Crippen MR) is 42.7 cm³/mol. The van der Waals surface area contributed by atoms with Crippen molar-refractivity contribution in [1.82, 2.24) is 0 Å². The van der Waals surface area contributed by atoms with Gasteiger partial charge in [-0.15, -0.1) is 0 Å². The van der Waals surface area contributed by atoms with E-state index < -0.39 is 0 Å². The molecule has 0 fully saturated rings. The fraction of sp³-hybridized carbons (Fsp3) is 0.375. The third-order valence-corrected chi connectivity index (χ3v) is 0.890. The molecule has 0 aliphatic carbocycles. The lowest BCUT2D eigenvalue weighted by Gasteiger charge is -1.84. The summed E-state index contributed by atoms with van der Waals surface area (Å²) in [5, 5.41) is 0. The van der Waals surface area contributed by atoms with Gasteiger partial charge < -0.3 is 0 Å². The summed E-state index contributed by atoms with van der Waals surface area (Å²) >= 11 is 0. The lowest BCUT2D eigenvalue weighted by atomic mass is 10.3. The van der Waals surface area contributed by atoms with E-state index in [0.717, 1.165) is 12.1 Å². The summed E-state index contributed by atoms with van der Waals surface area (Å²) in [6, 6.07) is 0. The van der Waals surface area contributed by atoms with Crippen molar-refractivity contribution in [2.24, 2.45) is 4.99 Å². The second kappa shape index (κ2) is 5.29. The number of allylic oxidation sites excluding steroid dienone is 2. The van der Waals surface area contributed by atoms with Gasteiger partial charge in [-0.2, -0.15) is 0 Å². The van der Waals surface area contributed by atoms with Gasteiger partial charge in [0, 0.05) is 11.9 Å². The van der Waals surface area contributed by atoms with E-state index in [1.54, 1.807) is 6.20 Å². The summed E-state index contributed by atoms with van der Waals surface area (Å²) in [4.78, 5) is 3.96. The number of rotatable bonds is 3. The van der Waals surface area contributed by atoms with Crippen LogP contribution in [0, 0.1) is 0 Å². The molecule has 0 aliphatic rings. The van der Waals surface area contributed by atoms with Crippen molar-refractivity contribution >= 4 is 5.71 Å². The van der Waals surface area contributed by atoms with Crippen molar-refractivity contribution in [1.29, 1.82) is 0 Å². The quantitative estimate of drug-likeness (QED) is 0.511. The van der Waals surface area contributed by atoms with Gasteiger partial charge in [-0.1, -0.05) is 19.6 Å². The largest absolute Gasteiger partial charge is 0.262 e. The maximum absolute atomic E-state index is 3.96. The van der Waals surface area contributed by atoms with Crippen LogP contribution in [0.25, 0.3) is 0 Å². The van der Waals surface area contributed by atoms with Gasteiger partial charge >= 0.3 is 0 Å². The highest BCUT2D eigenvalue weighted by Gasteiger charge is 1.75. The van der Waals surface area contributed by atoms with Gasteiger partial charge in [0.15, 0.2) is 0 Å². The smallest absolute Gasteiger partial charge is 0.0369 e. The SMILES string of the molecule is C=C/N=C(C)/C=C\CC. The maximum atomic E-state index is 3.96. The van der Waals surface area contributed by atoms with E-state index in [-0.39, 0.29) is 0 Å². The fourth-order valence-corrected chi connectivity index (χ4v) is 0.475. The molecule has 0 aliphatic heterocycles. The molecule has 0 aromatic carbocycles. The summed E-state index contributed by atoms with van der Waals surface area (Å²) in [5.41, 5.74) is 1.01. The van der Waals surface area contributed by atoms with Gasteiger partial charge in [-0.05, 0) is 19.4 Å². The van der Waals surface area contributed by atoms with E-state index >= 15 is 0 Å². The summed E-state index contributed by atoms with van der Waals surface area (Å²) in [6.07, 6.45) is 6.67. The molecule has 0 bridgehead atoms. The van der Waals surface area contributed by atoms with Crippen LogP contribution in [-0.4, -0.2) is 5.71 Å². The van der Waals surface area contributed by atoms with Crippen LogP contribution in [0.3, 0.4) is 0 Å². The van der Waals surface area contributed by atoms with Gasteiger partial charge in [0.05, 0.1) is 0 Å². The van der Waals surface area contributed by atoms with Crippen LogP contribution in [0.2, 0.25) is 0 Å². The molecule has 0 aromatic rings. The molecule has 0 saturated heterocycles. The van der Waals surface area contributed by atoms with Gasteiger partial charge in [-0.3, -0.25) is 4.99 Å². The summed E-state index contributed by atoms with van der Waals surface area (Å²) in [6.45, 7) is 7.53. The van der Waals surface area contributed by atoms with Crippen molar-refractivity contribution < 1.29 is 0 Å². The highest BCUT2D eigenvalue weighted by Crippen LogP contribution is 1.84. The van der Waals surface area contributed by atoms with E-state index in [4.69, 9.17) is 0 Å². The molecule has 0 radical (unpaired) electrons. The van der Waals surface area contributed by atoms with Crippen molar-refractivity contribution in [2.75, 3.05) is 0 Å². The zero-order valence-corrected chi connectivity index (χ0v) is 6.09. The third-order valence-electron chi connectivity index (χ3n) is 0.890. The minimum absolute atomic E-state index is 1.01. The van der Waals surface area contributed by atoms with Crippen LogP contribution < -0.4 is 0 Å². The second-order valence-electron chi connectivity index (χ2n) is 1.76. The lowest BCUT2D eigenvalue weighted by Crippen LogP contribution is -1.80. The molecule has 0 amide bonds. The number of aliphatic imine (C=N–C) groups is 1. The second-order valence-corrected chi connectivity index (χ2v) is 1.76. The molecule has 0 heterocycles. The summed E-state index contributed by atoms with van der Waals surface area (Å²) < 4.78 is 0.